The second-order valence-electron chi connectivity index (χ2n) is 6.36. The summed E-state index contributed by atoms with van der Waals surface area (Å²) in [6.45, 7) is 3.27. The Balaban J connectivity index is 2.06. The molecule has 2 aromatic rings. The van der Waals surface area contributed by atoms with E-state index in [1.807, 2.05) is 31.1 Å². The highest BCUT2D eigenvalue weighted by Gasteiger charge is 2.17. The quantitative estimate of drug-likeness (QED) is 0.744. The normalized spacial score (nSPS) is 10.1. The molecule has 7 nitrogen and oxygen atoms in total. The fourth-order valence-electron chi connectivity index (χ4n) is 2.56. The molecule has 0 aliphatic carbocycles. The molecule has 0 saturated carbocycles. The van der Waals surface area contributed by atoms with Gasteiger partial charge in [0.05, 0.1) is 12.2 Å². The number of ether oxygens (including phenoxy) is 1. The minimum Gasteiger partial charge on any atom is -0.462 e. The summed E-state index contributed by atoms with van der Waals surface area (Å²) in [6, 6.07) is 13.8. The molecule has 0 aliphatic rings. The summed E-state index contributed by atoms with van der Waals surface area (Å²) in [6.07, 6.45) is 0. The van der Waals surface area contributed by atoms with E-state index < -0.39 is 5.97 Å². The lowest BCUT2D eigenvalue weighted by atomic mass is 10.2. The van der Waals surface area contributed by atoms with E-state index in [0.717, 1.165) is 5.69 Å². The molecule has 2 amide bonds. The third-order valence-corrected chi connectivity index (χ3v) is 4.04. The van der Waals surface area contributed by atoms with Crippen LogP contribution in [0, 0.1) is 0 Å². The summed E-state index contributed by atoms with van der Waals surface area (Å²) in [4.78, 5) is 39.5. The third kappa shape index (κ3) is 5.57. The van der Waals surface area contributed by atoms with Crippen molar-refractivity contribution in [2.24, 2.45) is 0 Å². The molecule has 148 valence electrons. The van der Waals surface area contributed by atoms with E-state index in [9.17, 15) is 14.4 Å². The third-order valence-electron chi connectivity index (χ3n) is 4.04. The largest absolute Gasteiger partial charge is 0.462 e. The van der Waals surface area contributed by atoms with Crippen molar-refractivity contribution in [3.8, 4) is 0 Å². The molecular formula is C21H25N3O4. The number of carbonyl (C=O) groups excluding carboxylic acids is 3. The summed E-state index contributed by atoms with van der Waals surface area (Å²) in [5, 5.41) is 2.78. The standard InChI is InChI=1S/C21H25N3O4/c1-5-28-21(27)16-6-10-19(11-7-16)24(15(2)25)14-20(26)22-17-8-12-18(13-9-17)23(3)4/h6-13H,5,14H2,1-4H3,(H,22,26). The number of hydrogen-bond donors (Lipinski definition) is 1. The summed E-state index contributed by atoms with van der Waals surface area (Å²) < 4.78 is 4.94. The van der Waals surface area contributed by atoms with Gasteiger partial charge in [-0.15, -0.1) is 0 Å². The lowest BCUT2D eigenvalue weighted by Gasteiger charge is -2.21. The van der Waals surface area contributed by atoms with E-state index in [4.69, 9.17) is 4.74 Å². The van der Waals surface area contributed by atoms with Crippen molar-refractivity contribution in [2.75, 3.05) is 42.4 Å². The van der Waals surface area contributed by atoms with Crippen molar-refractivity contribution >= 4 is 34.8 Å². The zero-order chi connectivity index (χ0) is 20.7. The molecule has 28 heavy (non-hydrogen) atoms. The molecule has 1 N–H and O–H groups in total. The number of esters is 1. The fraction of sp³-hybridized carbons (Fsp3) is 0.286. The Morgan fingerprint density at radius 2 is 1.50 bits per heavy atom. The second kappa shape index (κ2) is 9.55. The Bertz CT molecular complexity index is 830. The van der Waals surface area contributed by atoms with Crippen LogP contribution in [0.3, 0.4) is 0 Å². The number of anilines is 3. The number of rotatable bonds is 7. The first-order valence-electron chi connectivity index (χ1n) is 8.94. The Hall–Kier alpha value is -3.35. The van der Waals surface area contributed by atoms with Gasteiger partial charge in [0.25, 0.3) is 0 Å². The van der Waals surface area contributed by atoms with Crippen LogP contribution >= 0.6 is 0 Å². The van der Waals surface area contributed by atoms with Crippen molar-refractivity contribution in [1.29, 1.82) is 0 Å². The van der Waals surface area contributed by atoms with Crippen molar-refractivity contribution in [3.63, 3.8) is 0 Å². The monoisotopic (exact) mass is 383 g/mol. The molecular weight excluding hydrogens is 358 g/mol. The van der Waals surface area contributed by atoms with Crippen LogP contribution in [0.1, 0.15) is 24.2 Å². The Morgan fingerprint density at radius 1 is 0.929 bits per heavy atom. The number of amides is 2. The highest BCUT2D eigenvalue weighted by atomic mass is 16.5. The van der Waals surface area contributed by atoms with Crippen LogP contribution < -0.4 is 15.1 Å². The maximum Gasteiger partial charge on any atom is 0.338 e. The van der Waals surface area contributed by atoms with Crippen molar-refractivity contribution in [3.05, 3.63) is 54.1 Å². The summed E-state index contributed by atoms with van der Waals surface area (Å²) in [5.41, 5.74) is 2.58. The first-order chi connectivity index (χ1) is 13.3. The number of carbonyl (C=O) groups is 3. The highest BCUT2D eigenvalue weighted by Crippen LogP contribution is 2.18. The van der Waals surface area contributed by atoms with Gasteiger partial charge in [0.1, 0.15) is 6.54 Å². The van der Waals surface area contributed by atoms with E-state index in [1.165, 1.54) is 11.8 Å². The van der Waals surface area contributed by atoms with Gasteiger partial charge in [0.2, 0.25) is 11.8 Å². The molecule has 0 atom stereocenters. The number of nitrogens with zero attached hydrogens (tertiary/aromatic N) is 2. The number of hydrogen-bond acceptors (Lipinski definition) is 5. The van der Waals surface area contributed by atoms with Gasteiger partial charge in [-0.05, 0) is 55.5 Å². The first-order valence-corrected chi connectivity index (χ1v) is 8.94. The zero-order valence-electron chi connectivity index (χ0n) is 16.6. The fourth-order valence-corrected chi connectivity index (χ4v) is 2.56. The Kier molecular flexibility index (Phi) is 7.14. The van der Waals surface area contributed by atoms with Gasteiger partial charge < -0.3 is 19.9 Å². The molecule has 0 heterocycles. The maximum absolute atomic E-state index is 12.4. The molecule has 0 spiro atoms. The van der Waals surface area contributed by atoms with E-state index in [2.05, 4.69) is 5.32 Å². The molecule has 0 radical (unpaired) electrons. The minimum atomic E-state index is -0.428. The van der Waals surface area contributed by atoms with Gasteiger partial charge in [-0.25, -0.2) is 4.79 Å². The van der Waals surface area contributed by atoms with Gasteiger partial charge in [-0.3, -0.25) is 9.59 Å². The van der Waals surface area contributed by atoms with Crippen LogP contribution in [0.2, 0.25) is 0 Å². The van der Waals surface area contributed by atoms with E-state index in [1.54, 1.807) is 43.3 Å². The van der Waals surface area contributed by atoms with E-state index >= 15 is 0 Å². The molecule has 0 fully saturated rings. The van der Waals surface area contributed by atoms with E-state index in [0.29, 0.717) is 16.9 Å². The van der Waals surface area contributed by atoms with Crippen molar-refractivity contribution < 1.29 is 19.1 Å². The van der Waals surface area contributed by atoms with Gasteiger partial charge in [-0.1, -0.05) is 0 Å². The van der Waals surface area contributed by atoms with Crippen molar-refractivity contribution in [1.82, 2.24) is 0 Å². The lowest BCUT2D eigenvalue weighted by Crippen LogP contribution is -2.36. The molecule has 0 aromatic heterocycles. The van der Waals surface area contributed by atoms with Crippen LogP contribution in [0.5, 0.6) is 0 Å². The van der Waals surface area contributed by atoms with Gasteiger partial charge in [-0.2, -0.15) is 0 Å². The Morgan fingerprint density at radius 3 is 2.00 bits per heavy atom. The van der Waals surface area contributed by atoms with E-state index in [-0.39, 0.29) is 25.0 Å². The zero-order valence-corrected chi connectivity index (χ0v) is 16.6. The SMILES string of the molecule is CCOC(=O)c1ccc(N(CC(=O)Nc2ccc(N(C)C)cc2)C(C)=O)cc1. The molecule has 0 aliphatic heterocycles. The highest BCUT2D eigenvalue weighted by molar-refractivity contribution is 6.02. The maximum atomic E-state index is 12.4. The Labute approximate surface area is 164 Å². The van der Waals surface area contributed by atoms with Gasteiger partial charge in [0.15, 0.2) is 0 Å². The van der Waals surface area contributed by atoms with Crippen LogP contribution in [-0.2, 0) is 14.3 Å². The molecule has 0 unspecified atom stereocenters. The molecule has 2 rings (SSSR count). The predicted molar refractivity (Wildman–Crippen MR) is 110 cm³/mol. The van der Waals surface area contributed by atoms with Gasteiger partial charge in [0, 0.05) is 38.1 Å². The molecule has 0 bridgehead atoms. The number of nitrogens with one attached hydrogen (secondary N) is 1. The number of benzene rings is 2. The second-order valence-corrected chi connectivity index (χ2v) is 6.36. The average Bonchev–Trinajstić information content (AvgIpc) is 2.66. The van der Waals surface area contributed by atoms with Crippen molar-refractivity contribution in [2.45, 2.75) is 13.8 Å². The molecule has 2 aromatic carbocycles. The molecule has 0 saturated heterocycles. The van der Waals surface area contributed by atoms with Crippen LogP contribution in [0.25, 0.3) is 0 Å². The predicted octanol–water partition coefficient (Wildman–Crippen LogP) is 2.92. The summed E-state index contributed by atoms with van der Waals surface area (Å²) in [7, 11) is 3.87. The minimum absolute atomic E-state index is 0.135. The summed E-state index contributed by atoms with van der Waals surface area (Å²) in [5.74, 6) is -1.02. The topological polar surface area (TPSA) is 79.0 Å². The molecule has 7 heteroatoms. The van der Waals surface area contributed by atoms with Gasteiger partial charge >= 0.3 is 5.97 Å². The first kappa shape index (κ1) is 21.0. The average molecular weight is 383 g/mol. The smallest absolute Gasteiger partial charge is 0.338 e. The van der Waals surface area contributed by atoms with Crippen LogP contribution in [0.4, 0.5) is 17.1 Å². The lowest BCUT2D eigenvalue weighted by molar-refractivity contribution is -0.120. The van der Waals surface area contributed by atoms with Crippen LogP contribution in [-0.4, -0.2) is 45.0 Å². The summed E-state index contributed by atoms with van der Waals surface area (Å²) >= 11 is 0. The van der Waals surface area contributed by atoms with Crippen LogP contribution in [0.15, 0.2) is 48.5 Å².